The molecular formula is C12H15ClN2O5S. The van der Waals surface area contributed by atoms with E-state index in [1.165, 1.54) is 16.4 Å². The third-order valence-corrected chi connectivity index (χ3v) is 5.24. The van der Waals surface area contributed by atoms with Gasteiger partial charge in [-0.1, -0.05) is 11.6 Å². The van der Waals surface area contributed by atoms with E-state index < -0.39 is 20.6 Å². The van der Waals surface area contributed by atoms with Gasteiger partial charge in [0.15, 0.2) is 4.90 Å². The number of rotatable bonds is 3. The maximum absolute atomic E-state index is 12.6. The standard InChI is InChI=1S/C12H15ClN2O5S/c1-8-6-14(7-9(2)20-8)21(18,19)12-4-3-10(13)5-11(12)15(16)17/h3-5,8-9H,6-7H2,1-2H3. The van der Waals surface area contributed by atoms with Crippen LogP contribution in [0.15, 0.2) is 23.1 Å². The lowest BCUT2D eigenvalue weighted by molar-refractivity contribution is -0.387. The Bertz CT molecular complexity index is 654. The average Bonchev–Trinajstić information content (AvgIpc) is 2.37. The highest BCUT2D eigenvalue weighted by Gasteiger charge is 2.36. The molecular weight excluding hydrogens is 320 g/mol. The second kappa shape index (κ2) is 5.88. The molecule has 1 heterocycles. The summed E-state index contributed by atoms with van der Waals surface area (Å²) in [5.41, 5.74) is -0.519. The Kier molecular flexibility index (Phi) is 4.52. The molecule has 1 fully saturated rings. The molecule has 0 saturated carbocycles. The minimum atomic E-state index is -3.97. The zero-order chi connectivity index (χ0) is 15.8. The molecule has 0 N–H and O–H groups in total. The molecule has 1 aromatic rings. The molecule has 9 heteroatoms. The monoisotopic (exact) mass is 334 g/mol. The summed E-state index contributed by atoms with van der Waals surface area (Å²) in [4.78, 5) is 9.98. The fraction of sp³-hybridized carbons (Fsp3) is 0.500. The molecule has 1 aliphatic rings. The summed E-state index contributed by atoms with van der Waals surface area (Å²) in [7, 11) is -3.97. The van der Waals surface area contributed by atoms with Crippen LogP contribution in [0, 0.1) is 10.1 Å². The molecule has 21 heavy (non-hydrogen) atoms. The van der Waals surface area contributed by atoms with Crippen molar-refractivity contribution >= 4 is 27.3 Å². The van der Waals surface area contributed by atoms with Gasteiger partial charge in [-0.2, -0.15) is 4.31 Å². The van der Waals surface area contributed by atoms with Crippen molar-refractivity contribution in [3.63, 3.8) is 0 Å². The highest BCUT2D eigenvalue weighted by atomic mass is 35.5. The summed E-state index contributed by atoms with van der Waals surface area (Å²) < 4.78 is 32.0. The Balaban J connectivity index is 2.47. The van der Waals surface area contributed by atoms with E-state index in [-0.39, 0.29) is 35.2 Å². The molecule has 0 amide bonds. The lowest BCUT2D eigenvalue weighted by Crippen LogP contribution is -2.48. The summed E-state index contributed by atoms with van der Waals surface area (Å²) in [5.74, 6) is 0. The van der Waals surface area contributed by atoms with E-state index in [0.717, 1.165) is 6.07 Å². The Morgan fingerprint density at radius 2 is 1.90 bits per heavy atom. The number of benzene rings is 1. The Morgan fingerprint density at radius 3 is 2.43 bits per heavy atom. The topological polar surface area (TPSA) is 89.8 Å². The van der Waals surface area contributed by atoms with Crippen LogP contribution in [-0.4, -0.2) is 42.9 Å². The first-order valence-corrected chi connectivity index (χ1v) is 8.13. The van der Waals surface area contributed by atoms with E-state index in [4.69, 9.17) is 16.3 Å². The Morgan fingerprint density at radius 1 is 1.33 bits per heavy atom. The van der Waals surface area contributed by atoms with Crippen molar-refractivity contribution in [1.82, 2.24) is 4.31 Å². The van der Waals surface area contributed by atoms with Crippen molar-refractivity contribution < 1.29 is 18.1 Å². The lowest BCUT2D eigenvalue weighted by atomic mass is 10.3. The number of hydrogen-bond acceptors (Lipinski definition) is 5. The zero-order valence-corrected chi connectivity index (χ0v) is 13.1. The first-order valence-electron chi connectivity index (χ1n) is 6.31. The predicted molar refractivity (Wildman–Crippen MR) is 76.9 cm³/mol. The molecule has 0 aromatic heterocycles. The van der Waals surface area contributed by atoms with E-state index in [1.54, 1.807) is 13.8 Å². The van der Waals surface area contributed by atoms with Crippen molar-refractivity contribution in [3.8, 4) is 0 Å². The van der Waals surface area contributed by atoms with Crippen molar-refractivity contribution in [2.24, 2.45) is 0 Å². The number of nitro benzene ring substituents is 1. The normalized spacial score (nSPS) is 24.0. The zero-order valence-electron chi connectivity index (χ0n) is 11.5. The van der Waals surface area contributed by atoms with Gasteiger partial charge in [0, 0.05) is 24.2 Å². The van der Waals surface area contributed by atoms with Crippen LogP contribution in [-0.2, 0) is 14.8 Å². The third-order valence-electron chi connectivity index (χ3n) is 3.12. The predicted octanol–water partition coefficient (Wildman–Crippen LogP) is 2.05. The van der Waals surface area contributed by atoms with Gasteiger partial charge in [-0.05, 0) is 26.0 Å². The number of nitrogens with zero attached hydrogens (tertiary/aromatic N) is 2. The molecule has 1 aliphatic heterocycles. The quantitative estimate of drug-likeness (QED) is 0.623. The second-order valence-corrected chi connectivity index (χ2v) is 7.29. The van der Waals surface area contributed by atoms with Crippen molar-refractivity contribution in [1.29, 1.82) is 0 Å². The van der Waals surface area contributed by atoms with Gasteiger partial charge >= 0.3 is 0 Å². The summed E-state index contributed by atoms with van der Waals surface area (Å²) in [6.07, 6.45) is -0.537. The largest absolute Gasteiger partial charge is 0.373 e. The Hall–Kier alpha value is -1.22. The van der Waals surface area contributed by atoms with Crippen molar-refractivity contribution in [3.05, 3.63) is 33.3 Å². The number of morpholine rings is 1. The van der Waals surface area contributed by atoms with Gasteiger partial charge in [0.2, 0.25) is 10.0 Å². The molecule has 2 atom stereocenters. The van der Waals surface area contributed by atoms with Crippen molar-refractivity contribution in [2.45, 2.75) is 31.0 Å². The van der Waals surface area contributed by atoms with Gasteiger partial charge in [-0.15, -0.1) is 0 Å². The van der Waals surface area contributed by atoms with E-state index in [1.807, 2.05) is 0 Å². The first-order chi connectivity index (χ1) is 9.71. The number of hydrogen-bond donors (Lipinski definition) is 0. The fourth-order valence-corrected chi connectivity index (χ4v) is 4.21. The average molecular weight is 335 g/mol. The fourth-order valence-electron chi connectivity index (χ4n) is 2.32. The summed E-state index contributed by atoms with van der Waals surface area (Å²) in [6.45, 7) is 3.84. The molecule has 2 unspecified atom stereocenters. The number of nitro groups is 1. The molecule has 1 saturated heterocycles. The third kappa shape index (κ3) is 3.34. The van der Waals surface area contributed by atoms with E-state index in [2.05, 4.69) is 0 Å². The number of ether oxygens (including phenoxy) is 1. The van der Waals surface area contributed by atoms with Gasteiger partial charge in [-0.25, -0.2) is 8.42 Å². The van der Waals surface area contributed by atoms with Crippen LogP contribution in [0.3, 0.4) is 0 Å². The van der Waals surface area contributed by atoms with Gasteiger partial charge in [0.25, 0.3) is 5.69 Å². The van der Waals surface area contributed by atoms with E-state index in [9.17, 15) is 18.5 Å². The summed E-state index contributed by atoms with van der Waals surface area (Å²) >= 11 is 5.71. The van der Waals surface area contributed by atoms with Gasteiger partial charge in [0.05, 0.1) is 17.1 Å². The minimum absolute atomic E-state index is 0.115. The SMILES string of the molecule is CC1CN(S(=O)(=O)c2ccc(Cl)cc2[N+](=O)[O-])CC(C)O1. The lowest BCUT2D eigenvalue weighted by Gasteiger charge is -2.34. The molecule has 2 rings (SSSR count). The first kappa shape index (κ1) is 16.2. The van der Waals surface area contributed by atoms with Gasteiger partial charge < -0.3 is 4.74 Å². The summed E-state index contributed by atoms with van der Waals surface area (Å²) in [5, 5.41) is 11.2. The van der Waals surface area contributed by atoms with Gasteiger partial charge in [0.1, 0.15) is 0 Å². The molecule has 7 nitrogen and oxygen atoms in total. The molecule has 116 valence electrons. The van der Waals surface area contributed by atoms with Crippen LogP contribution in [0.2, 0.25) is 5.02 Å². The summed E-state index contributed by atoms with van der Waals surface area (Å²) in [6, 6.07) is 3.54. The number of halogens is 1. The molecule has 0 bridgehead atoms. The smallest absolute Gasteiger partial charge is 0.290 e. The second-order valence-electron chi connectivity index (χ2n) is 4.95. The molecule has 1 aromatic carbocycles. The van der Waals surface area contributed by atoms with Crippen LogP contribution in [0.5, 0.6) is 0 Å². The van der Waals surface area contributed by atoms with Crippen LogP contribution in [0.4, 0.5) is 5.69 Å². The highest BCUT2D eigenvalue weighted by Crippen LogP contribution is 2.30. The van der Waals surface area contributed by atoms with Crippen LogP contribution < -0.4 is 0 Å². The van der Waals surface area contributed by atoms with Gasteiger partial charge in [-0.3, -0.25) is 10.1 Å². The molecule has 0 radical (unpaired) electrons. The maximum Gasteiger partial charge on any atom is 0.290 e. The van der Waals surface area contributed by atoms with E-state index in [0.29, 0.717) is 0 Å². The maximum atomic E-state index is 12.6. The van der Waals surface area contributed by atoms with Crippen LogP contribution in [0.1, 0.15) is 13.8 Å². The molecule has 0 aliphatic carbocycles. The van der Waals surface area contributed by atoms with Crippen LogP contribution in [0.25, 0.3) is 0 Å². The van der Waals surface area contributed by atoms with E-state index >= 15 is 0 Å². The molecule has 0 spiro atoms. The Labute approximate surface area is 127 Å². The number of sulfonamides is 1. The van der Waals surface area contributed by atoms with Crippen molar-refractivity contribution in [2.75, 3.05) is 13.1 Å². The van der Waals surface area contributed by atoms with Crippen LogP contribution >= 0.6 is 11.6 Å². The minimum Gasteiger partial charge on any atom is -0.373 e. The highest BCUT2D eigenvalue weighted by molar-refractivity contribution is 7.89.